The van der Waals surface area contributed by atoms with Crippen molar-refractivity contribution in [1.82, 2.24) is 4.72 Å². The van der Waals surface area contributed by atoms with Crippen LogP contribution in [0.25, 0.3) is 0 Å². The summed E-state index contributed by atoms with van der Waals surface area (Å²) in [5.74, 6) is 0.671. The van der Waals surface area contributed by atoms with Crippen molar-refractivity contribution < 1.29 is 31.0 Å². The van der Waals surface area contributed by atoms with Crippen molar-refractivity contribution in [2.45, 2.75) is 22.8 Å². The molecule has 11 heteroatoms. The molecular weight excluding hydrogens is 420 g/mol. The highest BCUT2D eigenvalue weighted by Crippen LogP contribution is 2.30. The Morgan fingerprint density at radius 2 is 1.41 bits per heavy atom. The number of rotatable bonds is 10. The van der Waals surface area contributed by atoms with E-state index in [1.54, 1.807) is 6.92 Å². The van der Waals surface area contributed by atoms with E-state index in [1.807, 2.05) is 0 Å². The van der Waals surface area contributed by atoms with E-state index < -0.39 is 26.1 Å². The summed E-state index contributed by atoms with van der Waals surface area (Å²) >= 11 is 0. The molecule has 29 heavy (non-hydrogen) atoms. The van der Waals surface area contributed by atoms with Gasteiger partial charge in [-0.25, -0.2) is 21.6 Å². The smallest absolute Gasteiger partial charge is 0.262 e. The lowest BCUT2D eigenvalue weighted by atomic mass is 10.3. The van der Waals surface area contributed by atoms with Crippen molar-refractivity contribution in [3.63, 3.8) is 0 Å². The van der Waals surface area contributed by atoms with Crippen LogP contribution >= 0.6 is 0 Å². The SMILES string of the molecule is COCC(C)NS(=O)(=O)c1ccc(NS(=O)(=O)c2ccc(OC)c(OC)c2)cc1. The zero-order valence-electron chi connectivity index (χ0n) is 16.5. The molecule has 2 aromatic rings. The number of nitrogens with one attached hydrogen (secondary N) is 2. The second kappa shape index (κ2) is 9.44. The summed E-state index contributed by atoms with van der Waals surface area (Å²) in [6.45, 7) is 1.90. The summed E-state index contributed by atoms with van der Waals surface area (Å²) in [5, 5.41) is 0. The largest absolute Gasteiger partial charge is 0.493 e. The monoisotopic (exact) mass is 444 g/mol. The molecule has 0 aliphatic rings. The minimum absolute atomic E-state index is 0.00881. The van der Waals surface area contributed by atoms with Crippen molar-refractivity contribution in [1.29, 1.82) is 0 Å². The molecule has 0 radical (unpaired) electrons. The number of ether oxygens (including phenoxy) is 3. The van der Waals surface area contributed by atoms with Gasteiger partial charge in [0, 0.05) is 24.9 Å². The van der Waals surface area contributed by atoms with Crippen molar-refractivity contribution in [3.8, 4) is 11.5 Å². The Hall–Kier alpha value is -2.34. The van der Waals surface area contributed by atoms with Gasteiger partial charge in [0.25, 0.3) is 10.0 Å². The van der Waals surface area contributed by atoms with Crippen LogP contribution in [0.4, 0.5) is 5.69 Å². The van der Waals surface area contributed by atoms with E-state index in [0.29, 0.717) is 5.75 Å². The second-order valence-corrected chi connectivity index (χ2v) is 9.52. The van der Waals surface area contributed by atoms with Crippen LogP contribution in [0.5, 0.6) is 11.5 Å². The minimum Gasteiger partial charge on any atom is -0.493 e. The van der Waals surface area contributed by atoms with E-state index in [1.165, 1.54) is 63.8 Å². The topological polar surface area (TPSA) is 120 Å². The third-order valence-corrected chi connectivity index (χ3v) is 6.84. The van der Waals surface area contributed by atoms with E-state index in [0.717, 1.165) is 0 Å². The normalized spacial score (nSPS) is 13.0. The van der Waals surface area contributed by atoms with Crippen LogP contribution in [0.3, 0.4) is 0 Å². The molecule has 1 unspecified atom stereocenters. The van der Waals surface area contributed by atoms with Gasteiger partial charge < -0.3 is 14.2 Å². The average Bonchev–Trinajstić information content (AvgIpc) is 2.67. The van der Waals surface area contributed by atoms with Gasteiger partial charge in [0.2, 0.25) is 10.0 Å². The number of methoxy groups -OCH3 is 3. The van der Waals surface area contributed by atoms with Crippen molar-refractivity contribution in [2.75, 3.05) is 32.7 Å². The van der Waals surface area contributed by atoms with Crippen molar-refractivity contribution >= 4 is 25.7 Å². The molecule has 0 fully saturated rings. The van der Waals surface area contributed by atoms with Gasteiger partial charge in [-0.2, -0.15) is 0 Å². The Morgan fingerprint density at radius 1 is 0.828 bits per heavy atom. The highest BCUT2D eigenvalue weighted by molar-refractivity contribution is 7.92. The fourth-order valence-corrected chi connectivity index (χ4v) is 4.82. The van der Waals surface area contributed by atoms with Crippen molar-refractivity contribution in [2.24, 2.45) is 0 Å². The van der Waals surface area contributed by atoms with Gasteiger partial charge >= 0.3 is 0 Å². The molecule has 2 aromatic carbocycles. The molecule has 0 aliphatic carbocycles. The molecule has 2 N–H and O–H groups in total. The standard InChI is InChI=1S/C18H24N2O7S2/c1-13(12-25-2)19-28(21,22)15-7-5-14(6-8-15)20-29(23,24)16-9-10-17(26-3)18(11-16)27-4/h5-11,13,19-20H,12H2,1-4H3. The van der Waals surface area contributed by atoms with Gasteiger partial charge in [0.05, 0.1) is 30.6 Å². The molecule has 0 saturated carbocycles. The van der Waals surface area contributed by atoms with Crippen LogP contribution in [0, 0.1) is 0 Å². The first-order chi connectivity index (χ1) is 13.6. The Bertz CT molecular complexity index is 1040. The van der Waals surface area contributed by atoms with Crippen LogP contribution in [0.2, 0.25) is 0 Å². The molecule has 0 bridgehead atoms. The molecule has 9 nitrogen and oxygen atoms in total. The fraction of sp³-hybridized carbons (Fsp3) is 0.333. The summed E-state index contributed by atoms with van der Waals surface area (Å²) < 4.78 is 69.9. The summed E-state index contributed by atoms with van der Waals surface area (Å²) in [7, 11) is -3.33. The first-order valence-electron chi connectivity index (χ1n) is 8.49. The molecular formula is C18H24N2O7S2. The number of hydrogen-bond donors (Lipinski definition) is 2. The van der Waals surface area contributed by atoms with E-state index in [9.17, 15) is 16.8 Å². The molecule has 1 atom stereocenters. The molecule has 160 valence electrons. The molecule has 0 saturated heterocycles. The molecule has 0 aromatic heterocycles. The Balaban J connectivity index is 2.20. The lowest BCUT2D eigenvalue weighted by molar-refractivity contribution is 0.180. The maximum Gasteiger partial charge on any atom is 0.262 e. The third kappa shape index (κ3) is 5.82. The second-order valence-electron chi connectivity index (χ2n) is 6.12. The molecule has 0 aliphatic heterocycles. The van der Waals surface area contributed by atoms with E-state index in [-0.39, 0.29) is 27.8 Å². The van der Waals surface area contributed by atoms with E-state index >= 15 is 0 Å². The summed E-state index contributed by atoms with van der Waals surface area (Å²) in [6.07, 6.45) is 0. The lowest BCUT2D eigenvalue weighted by Crippen LogP contribution is -2.35. The predicted molar refractivity (Wildman–Crippen MR) is 108 cm³/mol. The predicted octanol–water partition coefficient (Wildman–Crippen LogP) is 1.82. The molecule has 0 heterocycles. The van der Waals surface area contributed by atoms with Gasteiger partial charge in [-0.3, -0.25) is 4.72 Å². The zero-order valence-corrected chi connectivity index (χ0v) is 18.1. The quantitative estimate of drug-likeness (QED) is 0.573. The van der Waals surface area contributed by atoms with E-state index in [4.69, 9.17) is 14.2 Å². The van der Waals surface area contributed by atoms with Gasteiger partial charge in [-0.15, -0.1) is 0 Å². The van der Waals surface area contributed by atoms with Gasteiger partial charge in [0.15, 0.2) is 11.5 Å². The Kier molecular flexibility index (Phi) is 7.47. The Labute approximate surface area is 171 Å². The number of benzene rings is 2. The van der Waals surface area contributed by atoms with Gasteiger partial charge in [-0.05, 0) is 43.3 Å². The van der Waals surface area contributed by atoms with Crippen LogP contribution in [0.1, 0.15) is 6.92 Å². The first-order valence-corrected chi connectivity index (χ1v) is 11.5. The maximum absolute atomic E-state index is 12.6. The lowest BCUT2D eigenvalue weighted by Gasteiger charge is -2.14. The highest BCUT2D eigenvalue weighted by Gasteiger charge is 2.19. The van der Waals surface area contributed by atoms with Crippen LogP contribution < -0.4 is 18.9 Å². The first kappa shape index (κ1) is 22.9. The van der Waals surface area contributed by atoms with Gasteiger partial charge in [0.1, 0.15) is 0 Å². The average molecular weight is 445 g/mol. The third-order valence-electron chi connectivity index (χ3n) is 3.86. The number of hydrogen-bond acceptors (Lipinski definition) is 7. The number of anilines is 1. The van der Waals surface area contributed by atoms with Crippen LogP contribution in [0.15, 0.2) is 52.3 Å². The fourth-order valence-electron chi connectivity index (χ4n) is 2.52. The molecule has 0 spiro atoms. The summed E-state index contributed by atoms with van der Waals surface area (Å²) in [6, 6.07) is 9.15. The maximum atomic E-state index is 12.6. The summed E-state index contributed by atoms with van der Waals surface area (Å²) in [4.78, 5) is -0.0172. The highest BCUT2D eigenvalue weighted by atomic mass is 32.2. The van der Waals surface area contributed by atoms with Gasteiger partial charge in [-0.1, -0.05) is 0 Å². The van der Waals surface area contributed by atoms with Crippen molar-refractivity contribution in [3.05, 3.63) is 42.5 Å². The van der Waals surface area contributed by atoms with Crippen LogP contribution in [-0.4, -0.2) is 50.8 Å². The minimum atomic E-state index is -3.91. The van der Waals surface area contributed by atoms with E-state index in [2.05, 4.69) is 9.44 Å². The molecule has 2 rings (SSSR count). The Morgan fingerprint density at radius 3 is 1.97 bits per heavy atom. The van der Waals surface area contributed by atoms with Crippen LogP contribution in [-0.2, 0) is 24.8 Å². The zero-order chi connectivity index (χ0) is 21.7. The molecule has 0 amide bonds. The number of sulfonamides is 2. The summed E-state index contributed by atoms with van der Waals surface area (Å²) in [5.41, 5.74) is 0.212.